The fourth-order valence-electron chi connectivity index (χ4n) is 1.65. The van der Waals surface area contributed by atoms with Gasteiger partial charge in [-0.1, -0.05) is 52.4 Å². The summed E-state index contributed by atoms with van der Waals surface area (Å²) in [6.45, 7) is 0. The zero-order valence-corrected chi connectivity index (χ0v) is 14.0. The Bertz CT molecular complexity index is 673. The SMILES string of the molecule is O=C(Nc1nnc(SCc2ccc(Cl)cc2Cl)s1)C1CC1. The summed E-state index contributed by atoms with van der Waals surface area (Å²) in [7, 11) is 0. The molecule has 2 aromatic rings. The van der Waals surface area contributed by atoms with Crippen LogP contribution in [0.3, 0.4) is 0 Å². The van der Waals surface area contributed by atoms with Gasteiger partial charge in [0.25, 0.3) is 0 Å². The molecule has 0 unspecified atom stereocenters. The molecule has 1 saturated carbocycles. The van der Waals surface area contributed by atoms with Gasteiger partial charge in [0.1, 0.15) is 0 Å². The first kappa shape index (κ1) is 15.1. The Hall–Kier alpha value is -0.820. The second kappa shape index (κ2) is 6.52. The number of amides is 1. The van der Waals surface area contributed by atoms with E-state index in [1.54, 1.807) is 6.07 Å². The quantitative estimate of drug-likeness (QED) is 0.631. The third-order valence-corrected chi connectivity index (χ3v) is 5.56. The summed E-state index contributed by atoms with van der Waals surface area (Å²) in [4.78, 5) is 11.6. The van der Waals surface area contributed by atoms with Crippen LogP contribution in [-0.4, -0.2) is 16.1 Å². The number of carbonyl (C=O) groups excluding carboxylic acids is 1. The van der Waals surface area contributed by atoms with Crippen molar-refractivity contribution < 1.29 is 4.79 Å². The first-order valence-electron chi connectivity index (χ1n) is 6.33. The standard InChI is InChI=1S/C13H11Cl2N3OS2/c14-9-4-3-8(10(15)5-9)6-20-13-18-17-12(21-13)16-11(19)7-1-2-7/h3-5,7H,1-2,6H2,(H,16,17,19). The van der Waals surface area contributed by atoms with E-state index in [4.69, 9.17) is 23.2 Å². The average Bonchev–Trinajstić information content (AvgIpc) is 3.20. The van der Waals surface area contributed by atoms with Crippen LogP contribution in [0.2, 0.25) is 10.0 Å². The van der Waals surface area contributed by atoms with Crippen LogP contribution in [0.4, 0.5) is 5.13 Å². The van der Waals surface area contributed by atoms with Gasteiger partial charge >= 0.3 is 0 Å². The molecule has 0 radical (unpaired) electrons. The van der Waals surface area contributed by atoms with Gasteiger partial charge in [0.2, 0.25) is 11.0 Å². The molecule has 1 aromatic heterocycles. The summed E-state index contributed by atoms with van der Waals surface area (Å²) in [5, 5.41) is 12.6. The molecule has 21 heavy (non-hydrogen) atoms. The molecular weight excluding hydrogens is 349 g/mol. The number of thioether (sulfide) groups is 1. The Kier molecular flexibility index (Phi) is 4.69. The number of hydrogen-bond donors (Lipinski definition) is 1. The van der Waals surface area contributed by atoms with Gasteiger partial charge in [-0.25, -0.2) is 0 Å². The molecule has 110 valence electrons. The molecule has 1 N–H and O–H groups in total. The minimum absolute atomic E-state index is 0.0449. The number of nitrogens with one attached hydrogen (secondary N) is 1. The van der Waals surface area contributed by atoms with Gasteiger partial charge in [0.15, 0.2) is 4.34 Å². The summed E-state index contributed by atoms with van der Waals surface area (Å²) in [6.07, 6.45) is 1.95. The number of aromatic nitrogens is 2. The largest absolute Gasteiger partial charge is 0.300 e. The van der Waals surface area contributed by atoms with E-state index in [1.165, 1.54) is 23.1 Å². The molecular formula is C13H11Cl2N3OS2. The van der Waals surface area contributed by atoms with Crippen LogP contribution in [-0.2, 0) is 10.5 Å². The third-order valence-electron chi connectivity index (χ3n) is 2.95. The number of benzene rings is 1. The summed E-state index contributed by atoms with van der Waals surface area (Å²) >= 11 is 14.9. The molecule has 1 aliphatic rings. The van der Waals surface area contributed by atoms with Crippen LogP contribution in [0.1, 0.15) is 18.4 Å². The van der Waals surface area contributed by atoms with E-state index in [0.29, 0.717) is 20.9 Å². The molecule has 1 aliphatic carbocycles. The summed E-state index contributed by atoms with van der Waals surface area (Å²) in [5.41, 5.74) is 0.991. The molecule has 4 nitrogen and oxygen atoms in total. The number of anilines is 1. The highest BCUT2D eigenvalue weighted by atomic mass is 35.5. The fraction of sp³-hybridized carbons (Fsp3) is 0.308. The Balaban J connectivity index is 1.57. The van der Waals surface area contributed by atoms with Crippen LogP contribution in [0.15, 0.2) is 22.5 Å². The molecule has 8 heteroatoms. The number of nitrogens with zero attached hydrogens (tertiary/aromatic N) is 2. The fourth-order valence-corrected chi connectivity index (χ4v) is 3.96. The Labute approximate surface area is 140 Å². The van der Waals surface area contributed by atoms with Crippen LogP contribution in [0.5, 0.6) is 0 Å². The maximum Gasteiger partial charge on any atom is 0.229 e. The van der Waals surface area contributed by atoms with Crippen molar-refractivity contribution in [2.45, 2.75) is 22.9 Å². The molecule has 0 atom stereocenters. The van der Waals surface area contributed by atoms with Gasteiger partial charge < -0.3 is 5.32 Å². The normalized spacial score (nSPS) is 14.2. The Morgan fingerprint density at radius 2 is 2.19 bits per heavy atom. The highest BCUT2D eigenvalue weighted by Gasteiger charge is 2.30. The van der Waals surface area contributed by atoms with Gasteiger partial charge in [-0.15, -0.1) is 10.2 Å². The molecule has 1 aromatic carbocycles. The lowest BCUT2D eigenvalue weighted by atomic mass is 10.2. The first-order valence-corrected chi connectivity index (χ1v) is 8.89. The minimum Gasteiger partial charge on any atom is -0.300 e. The smallest absolute Gasteiger partial charge is 0.229 e. The van der Waals surface area contributed by atoms with Gasteiger partial charge in [-0.2, -0.15) is 0 Å². The van der Waals surface area contributed by atoms with E-state index in [0.717, 1.165) is 22.7 Å². The van der Waals surface area contributed by atoms with Crippen LogP contribution >= 0.6 is 46.3 Å². The van der Waals surface area contributed by atoms with Crippen molar-refractivity contribution in [2.75, 3.05) is 5.32 Å². The van der Waals surface area contributed by atoms with E-state index in [2.05, 4.69) is 15.5 Å². The number of rotatable bonds is 5. The molecule has 0 bridgehead atoms. The number of carbonyl (C=O) groups is 1. The second-order valence-corrected chi connectivity index (χ2v) is 7.70. The lowest BCUT2D eigenvalue weighted by Gasteiger charge is -2.02. The number of halogens is 2. The Morgan fingerprint density at radius 1 is 1.38 bits per heavy atom. The molecule has 1 amide bonds. The Morgan fingerprint density at radius 3 is 2.90 bits per heavy atom. The monoisotopic (exact) mass is 359 g/mol. The zero-order chi connectivity index (χ0) is 14.8. The topological polar surface area (TPSA) is 54.9 Å². The molecule has 3 rings (SSSR count). The van der Waals surface area contributed by atoms with Gasteiger partial charge in [0, 0.05) is 21.7 Å². The van der Waals surface area contributed by atoms with Gasteiger partial charge in [0.05, 0.1) is 0 Å². The van der Waals surface area contributed by atoms with E-state index in [-0.39, 0.29) is 11.8 Å². The van der Waals surface area contributed by atoms with E-state index < -0.39 is 0 Å². The van der Waals surface area contributed by atoms with Crippen molar-refractivity contribution in [3.8, 4) is 0 Å². The number of hydrogen-bond acceptors (Lipinski definition) is 5. The van der Waals surface area contributed by atoms with Crippen LogP contribution < -0.4 is 5.32 Å². The highest BCUT2D eigenvalue weighted by Crippen LogP contribution is 2.33. The highest BCUT2D eigenvalue weighted by molar-refractivity contribution is 8.00. The summed E-state index contributed by atoms with van der Waals surface area (Å²) < 4.78 is 0.798. The second-order valence-electron chi connectivity index (χ2n) is 4.66. The van der Waals surface area contributed by atoms with Crippen molar-refractivity contribution in [2.24, 2.45) is 5.92 Å². The predicted octanol–water partition coefficient (Wildman–Crippen LogP) is 4.49. The van der Waals surface area contributed by atoms with E-state index in [9.17, 15) is 4.79 Å². The predicted molar refractivity (Wildman–Crippen MR) is 87.3 cm³/mol. The van der Waals surface area contributed by atoms with Crippen molar-refractivity contribution in [3.05, 3.63) is 33.8 Å². The van der Waals surface area contributed by atoms with Crippen molar-refractivity contribution in [1.82, 2.24) is 10.2 Å². The zero-order valence-electron chi connectivity index (χ0n) is 10.8. The summed E-state index contributed by atoms with van der Waals surface area (Å²) in [6, 6.07) is 5.43. The molecule has 0 aliphatic heterocycles. The molecule has 0 spiro atoms. The van der Waals surface area contributed by atoms with Crippen molar-refractivity contribution in [3.63, 3.8) is 0 Å². The maximum atomic E-state index is 11.6. The van der Waals surface area contributed by atoms with Gasteiger partial charge in [-0.3, -0.25) is 4.79 Å². The van der Waals surface area contributed by atoms with E-state index in [1.807, 2.05) is 12.1 Å². The van der Waals surface area contributed by atoms with E-state index >= 15 is 0 Å². The third kappa shape index (κ3) is 4.10. The molecule has 1 heterocycles. The maximum absolute atomic E-state index is 11.6. The lowest BCUT2D eigenvalue weighted by molar-refractivity contribution is -0.117. The minimum atomic E-state index is 0.0449. The first-order chi connectivity index (χ1) is 10.1. The molecule has 0 saturated heterocycles. The van der Waals surface area contributed by atoms with Crippen LogP contribution in [0, 0.1) is 5.92 Å². The summed E-state index contributed by atoms with van der Waals surface area (Å²) in [5.74, 6) is 0.891. The van der Waals surface area contributed by atoms with Crippen LogP contribution in [0.25, 0.3) is 0 Å². The van der Waals surface area contributed by atoms with Gasteiger partial charge in [-0.05, 0) is 30.5 Å². The van der Waals surface area contributed by atoms with Crippen molar-refractivity contribution >= 4 is 57.3 Å². The lowest BCUT2D eigenvalue weighted by Crippen LogP contribution is -2.12. The molecule has 1 fully saturated rings. The van der Waals surface area contributed by atoms with Crippen molar-refractivity contribution in [1.29, 1.82) is 0 Å². The average molecular weight is 360 g/mol.